The number of hydrogen-bond donors (Lipinski definition) is 1. The van der Waals surface area contributed by atoms with E-state index in [0.717, 1.165) is 24.1 Å². The monoisotopic (exact) mass is 230 g/mol. The Morgan fingerprint density at radius 3 is 2.88 bits per heavy atom. The molecule has 4 heteroatoms. The van der Waals surface area contributed by atoms with Gasteiger partial charge in [-0.2, -0.15) is 0 Å². The molecule has 0 aromatic carbocycles. The zero-order valence-corrected chi connectivity index (χ0v) is 9.68. The van der Waals surface area contributed by atoms with Crippen LogP contribution in [0.1, 0.15) is 41.2 Å². The number of fused-ring (bicyclic) bond motifs is 1. The van der Waals surface area contributed by atoms with Crippen molar-refractivity contribution in [2.75, 3.05) is 0 Å². The lowest BCUT2D eigenvalue weighted by Crippen LogP contribution is -2.16. The van der Waals surface area contributed by atoms with Crippen molar-refractivity contribution in [3.05, 3.63) is 29.6 Å². The minimum absolute atomic E-state index is 0.389. The first kappa shape index (κ1) is 10.3. The zero-order chi connectivity index (χ0) is 12.0. The maximum absolute atomic E-state index is 11.4. The van der Waals surface area contributed by atoms with Gasteiger partial charge in [0, 0.05) is 24.9 Å². The Kier molecular flexibility index (Phi) is 2.18. The fourth-order valence-electron chi connectivity index (χ4n) is 2.65. The van der Waals surface area contributed by atoms with Gasteiger partial charge in [-0.3, -0.25) is 4.98 Å². The topological polar surface area (TPSA) is 55.1 Å². The molecule has 0 amide bonds. The number of pyridine rings is 1. The summed E-state index contributed by atoms with van der Waals surface area (Å²) in [6.07, 6.45) is 5.02. The summed E-state index contributed by atoms with van der Waals surface area (Å²) in [6.45, 7) is 0. The number of carboxylic acid groups (broad SMARTS) is 1. The Hall–Kier alpha value is -1.84. The summed E-state index contributed by atoms with van der Waals surface area (Å²) >= 11 is 0. The molecule has 1 aliphatic rings. The van der Waals surface area contributed by atoms with Gasteiger partial charge in [-0.25, -0.2) is 4.79 Å². The summed E-state index contributed by atoms with van der Waals surface area (Å²) in [4.78, 5) is 15.7. The van der Waals surface area contributed by atoms with Crippen molar-refractivity contribution in [2.45, 2.75) is 25.2 Å². The Balaban J connectivity index is 2.34. The van der Waals surface area contributed by atoms with E-state index in [9.17, 15) is 9.90 Å². The maximum atomic E-state index is 11.4. The van der Waals surface area contributed by atoms with E-state index in [2.05, 4.69) is 4.98 Å². The number of rotatable bonds is 2. The second kappa shape index (κ2) is 3.58. The van der Waals surface area contributed by atoms with E-state index in [-0.39, 0.29) is 0 Å². The highest BCUT2D eigenvalue weighted by molar-refractivity contribution is 6.03. The van der Waals surface area contributed by atoms with E-state index in [1.165, 1.54) is 6.42 Å². The zero-order valence-electron chi connectivity index (χ0n) is 9.68. The highest BCUT2D eigenvalue weighted by atomic mass is 16.4. The van der Waals surface area contributed by atoms with Gasteiger partial charge in [0.25, 0.3) is 0 Å². The third-order valence-electron chi connectivity index (χ3n) is 3.71. The second-order valence-corrected chi connectivity index (χ2v) is 4.62. The van der Waals surface area contributed by atoms with Crippen LogP contribution in [0.2, 0.25) is 0 Å². The molecular formula is C13H14N2O2. The number of hydrogen-bond acceptors (Lipinski definition) is 2. The van der Waals surface area contributed by atoms with Gasteiger partial charge in [0.05, 0.1) is 5.52 Å². The molecule has 1 aliphatic carbocycles. The van der Waals surface area contributed by atoms with Gasteiger partial charge < -0.3 is 9.67 Å². The minimum atomic E-state index is -0.865. The molecule has 2 aromatic rings. The van der Waals surface area contributed by atoms with Gasteiger partial charge in [0.2, 0.25) is 0 Å². The van der Waals surface area contributed by atoms with Crippen LogP contribution in [0.3, 0.4) is 0 Å². The fourth-order valence-corrected chi connectivity index (χ4v) is 2.65. The average Bonchev–Trinajstić information content (AvgIpc) is 2.51. The Morgan fingerprint density at radius 1 is 1.53 bits per heavy atom. The molecule has 17 heavy (non-hydrogen) atoms. The summed E-state index contributed by atoms with van der Waals surface area (Å²) in [5, 5.41) is 9.39. The van der Waals surface area contributed by atoms with Crippen molar-refractivity contribution in [2.24, 2.45) is 7.05 Å². The molecule has 1 saturated carbocycles. The van der Waals surface area contributed by atoms with Gasteiger partial charge in [-0.05, 0) is 25.0 Å². The predicted molar refractivity (Wildman–Crippen MR) is 64.3 cm³/mol. The molecule has 2 heterocycles. The number of aryl methyl sites for hydroxylation is 1. The van der Waals surface area contributed by atoms with Crippen molar-refractivity contribution in [3.63, 3.8) is 0 Å². The summed E-state index contributed by atoms with van der Waals surface area (Å²) in [7, 11) is 1.93. The van der Waals surface area contributed by atoms with Crippen LogP contribution in [0, 0.1) is 0 Å². The van der Waals surface area contributed by atoms with Crippen molar-refractivity contribution < 1.29 is 9.90 Å². The molecule has 0 unspecified atom stereocenters. The van der Waals surface area contributed by atoms with Gasteiger partial charge in [0.1, 0.15) is 11.1 Å². The third kappa shape index (κ3) is 1.37. The molecule has 0 bridgehead atoms. The van der Waals surface area contributed by atoms with Gasteiger partial charge >= 0.3 is 5.97 Å². The maximum Gasteiger partial charge on any atom is 0.339 e. The molecule has 0 atom stereocenters. The van der Waals surface area contributed by atoms with Gasteiger partial charge in [-0.1, -0.05) is 6.42 Å². The van der Waals surface area contributed by atoms with E-state index in [1.54, 1.807) is 6.20 Å². The number of nitrogens with zero attached hydrogens (tertiary/aromatic N) is 2. The molecule has 2 aromatic heterocycles. The van der Waals surface area contributed by atoms with Crippen molar-refractivity contribution in [1.29, 1.82) is 0 Å². The molecule has 1 N–H and O–H groups in total. The normalized spacial score (nSPS) is 16.1. The van der Waals surface area contributed by atoms with Crippen LogP contribution in [-0.2, 0) is 7.05 Å². The Labute approximate surface area is 98.9 Å². The van der Waals surface area contributed by atoms with Gasteiger partial charge in [-0.15, -0.1) is 0 Å². The first-order valence-electron chi connectivity index (χ1n) is 5.86. The summed E-state index contributed by atoms with van der Waals surface area (Å²) in [6, 6.07) is 3.77. The lowest BCUT2D eigenvalue weighted by molar-refractivity contribution is 0.0696. The van der Waals surface area contributed by atoms with E-state index in [1.807, 2.05) is 23.7 Å². The highest BCUT2D eigenvalue weighted by Gasteiger charge is 2.30. The standard InChI is InChI=1S/C13H14N2O2/c1-15-9-6-3-7-14-11(9)10(13(16)17)12(15)8-4-2-5-8/h3,6-8H,2,4-5H2,1H3,(H,16,17). The first-order valence-corrected chi connectivity index (χ1v) is 5.86. The number of aromatic nitrogens is 2. The van der Waals surface area contributed by atoms with E-state index >= 15 is 0 Å². The van der Waals surface area contributed by atoms with Crippen LogP contribution in [0.4, 0.5) is 0 Å². The van der Waals surface area contributed by atoms with Crippen LogP contribution in [0.15, 0.2) is 18.3 Å². The Bertz CT molecular complexity index is 597. The number of aromatic carboxylic acids is 1. The third-order valence-corrected chi connectivity index (χ3v) is 3.71. The lowest BCUT2D eigenvalue weighted by atomic mass is 9.81. The molecule has 4 nitrogen and oxygen atoms in total. The van der Waals surface area contributed by atoms with Crippen LogP contribution in [-0.4, -0.2) is 20.6 Å². The quantitative estimate of drug-likeness (QED) is 0.862. The second-order valence-electron chi connectivity index (χ2n) is 4.62. The smallest absolute Gasteiger partial charge is 0.339 e. The molecule has 3 rings (SSSR count). The molecule has 88 valence electrons. The highest BCUT2D eigenvalue weighted by Crippen LogP contribution is 2.40. The van der Waals surface area contributed by atoms with Crippen molar-refractivity contribution in [1.82, 2.24) is 9.55 Å². The molecular weight excluding hydrogens is 216 g/mol. The molecule has 1 fully saturated rings. The first-order chi connectivity index (χ1) is 8.20. The van der Waals surface area contributed by atoms with E-state index in [4.69, 9.17) is 0 Å². The van der Waals surface area contributed by atoms with Crippen LogP contribution in [0.25, 0.3) is 11.0 Å². The minimum Gasteiger partial charge on any atom is -0.478 e. The predicted octanol–water partition coefficient (Wildman–Crippen LogP) is 2.54. The Morgan fingerprint density at radius 2 is 2.29 bits per heavy atom. The molecule has 0 saturated heterocycles. The summed E-state index contributed by atoms with van der Waals surface area (Å²) in [5.41, 5.74) is 2.86. The SMILES string of the molecule is Cn1c(C2CCC2)c(C(=O)O)c2ncccc21. The van der Waals surface area contributed by atoms with Crippen LogP contribution >= 0.6 is 0 Å². The largest absolute Gasteiger partial charge is 0.478 e. The average molecular weight is 230 g/mol. The van der Waals surface area contributed by atoms with E-state index in [0.29, 0.717) is 17.0 Å². The van der Waals surface area contributed by atoms with Crippen molar-refractivity contribution >= 4 is 17.0 Å². The molecule has 0 aliphatic heterocycles. The van der Waals surface area contributed by atoms with Crippen molar-refractivity contribution in [3.8, 4) is 0 Å². The van der Waals surface area contributed by atoms with Crippen LogP contribution in [0.5, 0.6) is 0 Å². The summed E-state index contributed by atoms with van der Waals surface area (Å²) < 4.78 is 2.00. The lowest BCUT2D eigenvalue weighted by Gasteiger charge is -2.26. The van der Waals surface area contributed by atoms with Crippen LogP contribution < -0.4 is 0 Å². The number of carboxylic acids is 1. The summed E-state index contributed by atoms with van der Waals surface area (Å²) in [5.74, 6) is -0.475. The van der Waals surface area contributed by atoms with E-state index < -0.39 is 5.97 Å². The molecule has 0 radical (unpaired) electrons. The fraction of sp³-hybridized carbons (Fsp3) is 0.385. The van der Waals surface area contributed by atoms with Gasteiger partial charge in [0.15, 0.2) is 0 Å². The number of carbonyl (C=O) groups is 1. The molecule has 0 spiro atoms.